The molecule has 0 aliphatic carbocycles. The molecule has 2 amide bonds. The minimum Gasteiger partial charge on any atom is -0.503 e. The summed E-state index contributed by atoms with van der Waals surface area (Å²) >= 11 is 6.35. The fourth-order valence-corrected chi connectivity index (χ4v) is 5.01. The van der Waals surface area contributed by atoms with Crippen LogP contribution in [0.4, 0.5) is 14.5 Å². The van der Waals surface area contributed by atoms with Gasteiger partial charge in [0.25, 0.3) is 11.8 Å². The number of hydrogen-bond donors (Lipinski definition) is 2. The first-order valence-corrected chi connectivity index (χ1v) is 11.3. The van der Waals surface area contributed by atoms with Crippen molar-refractivity contribution in [2.45, 2.75) is 32.4 Å². The fourth-order valence-electron chi connectivity index (χ4n) is 4.75. The van der Waals surface area contributed by atoms with E-state index in [1.54, 1.807) is 18.2 Å². The number of hydrogen-bond acceptors (Lipinski definition) is 4. The summed E-state index contributed by atoms with van der Waals surface area (Å²) in [4.78, 5) is 40.5. The van der Waals surface area contributed by atoms with Crippen LogP contribution in [-0.4, -0.2) is 28.0 Å². The molecule has 1 unspecified atom stereocenters. The van der Waals surface area contributed by atoms with Crippen LogP contribution in [0.15, 0.2) is 41.3 Å². The molecule has 1 aromatic heterocycles. The molecule has 10 heteroatoms. The standard InChI is InChI=1S/C25H20ClF2N3O4/c1-12-7-18(27)15(19(28)8-12)9-29-24(34)16-11-30-13-5-6-14-17(26)3-2-4-20(14)31(10-13)25(35)21(30)23(33)22(16)32/h2-4,7-8,11,13,33H,5-6,9-10H2,1H3,(H,29,34). The minimum absolute atomic E-state index is 0.216. The maximum Gasteiger partial charge on any atom is 0.279 e. The second kappa shape index (κ2) is 8.49. The average Bonchev–Trinajstić information content (AvgIpc) is 2.98. The number of nitrogens with zero attached hydrogens (tertiary/aromatic N) is 2. The highest BCUT2D eigenvalue weighted by Gasteiger charge is 2.38. The Bertz CT molecular complexity index is 1450. The number of aromatic nitrogens is 1. The Labute approximate surface area is 203 Å². The van der Waals surface area contributed by atoms with E-state index >= 15 is 0 Å². The Morgan fingerprint density at radius 1 is 1.23 bits per heavy atom. The first-order chi connectivity index (χ1) is 16.7. The number of anilines is 1. The summed E-state index contributed by atoms with van der Waals surface area (Å²) in [6.07, 6.45) is 2.31. The Balaban J connectivity index is 1.51. The van der Waals surface area contributed by atoms with Crippen molar-refractivity contribution in [3.63, 3.8) is 0 Å². The van der Waals surface area contributed by atoms with Crippen LogP contribution in [0.5, 0.6) is 5.75 Å². The van der Waals surface area contributed by atoms with Crippen LogP contribution in [0, 0.1) is 18.6 Å². The average molecular weight is 500 g/mol. The van der Waals surface area contributed by atoms with E-state index in [4.69, 9.17) is 11.6 Å². The second-order valence-corrected chi connectivity index (χ2v) is 9.12. The zero-order chi connectivity index (χ0) is 25.0. The molecule has 35 heavy (non-hydrogen) atoms. The molecule has 1 atom stereocenters. The molecule has 0 saturated carbocycles. The molecule has 5 rings (SSSR count). The lowest BCUT2D eigenvalue weighted by atomic mass is 10.0. The van der Waals surface area contributed by atoms with Crippen LogP contribution in [0.3, 0.4) is 0 Å². The van der Waals surface area contributed by atoms with E-state index in [0.717, 1.165) is 17.7 Å². The lowest BCUT2D eigenvalue weighted by Crippen LogP contribution is -2.44. The molecule has 2 aliphatic heterocycles. The number of benzene rings is 2. The van der Waals surface area contributed by atoms with Crippen molar-refractivity contribution in [1.29, 1.82) is 0 Å². The zero-order valence-corrected chi connectivity index (χ0v) is 19.3. The van der Waals surface area contributed by atoms with Gasteiger partial charge in [-0.05, 0) is 55.2 Å². The van der Waals surface area contributed by atoms with Crippen LogP contribution >= 0.6 is 11.6 Å². The third-order valence-electron chi connectivity index (χ3n) is 6.51. The molecular weight excluding hydrogens is 480 g/mol. The lowest BCUT2D eigenvalue weighted by molar-refractivity contribution is 0.0929. The van der Waals surface area contributed by atoms with Crippen molar-refractivity contribution >= 4 is 29.1 Å². The predicted octanol–water partition coefficient (Wildman–Crippen LogP) is 3.87. The van der Waals surface area contributed by atoms with Crippen LogP contribution in [0.2, 0.25) is 5.02 Å². The summed E-state index contributed by atoms with van der Waals surface area (Å²) in [5.41, 5.74) is -0.244. The van der Waals surface area contributed by atoms with Gasteiger partial charge in [0.2, 0.25) is 5.43 Å². The van der Waals surface area contributed by atoms with Gasteiger partial charge in [0.15, 0.2) is 11.4 Å². The third-order valence-corrected chi connectivity index (χ3v) is 6.87. The van der Waals surface area contributed by atoms with Crippen molar-refractivity contribution in [1.82, 2.24) is 9.88 Å². The van der Waals surface area contributed by atoms with E-state index in [-0.39, 0.29) is 23.8 Å². The summed E-state index contributed by atoms with van der Waals surface area (Å²) in [7, 11) is 0. The molecule has 0 saturated heterocycles. The molecule has 2 aromatic carbocycles. The van der Waals surface area contributed by atoms with Crippen molar-refractivity contribution in [3.05, 3.63) is 91.4 Å². The topological polar surface area (TPSA) is 91.6 Å². The Kier molecular flexibility index (Phi) is 5.59. The number of halogens is 3. The van der Waals surface area contributed by atoms with Gasteiger partial charge in [-0.2, -0.15) is 0 Å². The van der Waals surface area contributed by atoms with Crippen molar-refractivity contribution in [2.24, 2.45) is 0 Å². The molecule has 0 spiro atoms. The van der Waals surface area contributed by atoms with Crippen LogP contribution in [-0.2, 0) is 13.0 Å². The molecule has 2 aliphatic rings. The largest absolute Gasteiger partial charge is 0.503 e. The Morgan fingerprint density at radius 2 is 1.94 bits per heavy atom. The maximum atomic E-state index is 14.1. The van der Waals surface area contributed by atoms with Gasteiger partial charge in [-0.3, -0.25) is 14.4 Å². The number of nitrogens with one attached hydrogen (secondary N) is 1. The molecule has 2 bridgehead atoms. The predicted molar refractivity (Wildman–Crippen MR) is 125 cm³/mol. The van der Waals surface area contributed by atoms with Crippen molar-refractivity contribution in [2.75, 3.05) is 11.4 Å². The van der Waals surface area contributed by atoms with Gasteiger partial charge < -0.3 is 19.9 Å². The summed E-state index contributed by atoms with van der Waals surface area (Å²) in [5.74, 6) is -4.01. The molecule has 2 N–H and O–H groups in total. The van der Waals surface area contributed by atoms with Gasteiger partial charge in [0, 0.05) is 35.6 Å². The van der Waals surface area contributed by atoms with E-state index in [9.17, 15) is 28.3 Å². The van der Waals surface area contributed by atoms with E-state index in [1.807, 2.05) is 0 Å². The van der Waals surface area contributed by atoms with Gasteiger partial charge >= 0.3 is 0 Å². The number of pyridine rings is 1. The second-order valence-electron chi connectivity index (χ2n) is 8.71. The first-order valence-electron chi connectivity index (χ1n) is 11.0. The van der Waals surface area contributed by atoms with E-state index < -0.39 is 46.7 Å². The van der Waals surface area contributed by atoms with Gasteiger partial charge in [-0.1, -0.05) is 17.7 Å². The van der Waals surface area contributed by atoms with Crippen molar-refractivity contribution < 1.29 is 23.5 Å². The van der Waals surface area contributed by atoms with Gasteiger partial charge in [0.05, 0.1) is 6.04 Å². The normalized spacial score (nSPS) is 16.4. The fraction of sp³-hybridized carbons (Fsp3) is 0.240. The van der Waals surface area contributed by atoms with Gasteiger partial charge in [-0.15, -0.1) is 0 Å². The third kappa shape index (κ3) is 3.76. The zero-order valence-electron chi connectivity index (χ0n) is 18.6. The van der Waals surface area contributed by atoms with Gasteiger partial charge in [-0.25, -0.2) is 8.78 Å². The molecule has 0 radical (unpaired) electrons. The van der Waals surface area contributed by atoms with Crippen molar-refractivity contribution in [3.8, 4) is 5.75 Å². The number of carbonyl (C=O) groups is 2. The maximum absolute atomic E-state index is 14.1. The highest BCUT2D eigenvalue weighted by atomic mass is 35.5. The quantitative estimate of drug-likeness (QED) is 0.572. The number of rotatable bonds is 3. The monoisotopic (exact) mass is 499 g/mol. The first kappa shape index (κ1) is 23.0. The highest BCUT2D eigenvalue weighted by molar-refractivity contribution is 6.32. The number of aryl methyl sites for hydroxylation is 1. The number of carbonyl (C=O) groups excluding carboxylic acids is 2. The molecule has 7 nitrogen and oxygen atoms in total. The molecule has 180 valence electrons. The van der Waals surface area contributed by atoms with Gasteiger partial charge in [0.1, 0.15) is 17.2 Å². The van der Waals surface area contributed by atoms with E-state index in [0.29, 0.717) is 29.1 Å². The molecule has 3 aromatic rings. The summed E-state index contributed by atoms with van der Waals surface area (Å²) in [6, 6.07) is 7.16. The van der Waals surface area contributed by atoms with Crippen LogP contribution in [0.1, 0.15) is 50.0 Å². The SMILES string of the molecule is Cc1cc(F)c(CNC(=O)c2cn3c(c(O)c2=O)C(=O)N2CC3CCc3c(Cl)cccc32)c(F)c1. The lowest BCUT2D eigenvalue weighted by Gasteiger charge is -2.35. The molecular formula is C25H20ClF2N3O4. The smallest absolute Gasteiger partial charge is 0.279 e. The van der Waals surface area contributed by atoms with E-state index in [1.165, 1.54) is 22.6 Å². The summed E-state index contributed by atoms with van der Waals surface area (Å²) in [5, 5.41) is 13.5. The van der Waals surface area contributed by atoms with E-state index in [2.05, 4.69) is 5.32 Å². The highest BCUT2D eigenvalue weighted by Crippen LogP contribution is 2.39. The Hall–Kier alpha value is -3.72. The number of fused-ring (bicyclic) bond motifs is 6. The molecule has 0 fully saturated rings. The van der Waals surface area contributed by atoms with Crippen LogP contribution < -0.4 is 15.6 Å². The summed E-state index contributed by atoms with van der Waals surface area (Å²) < 4.78 is 29.7. The minimum atomic E-state index is -1.04. The number of amides is 2. The Morgan fingerprint density at radius 3 is 2.66 bits per heavy atom. The number of aromatic hydroxyl groups is 1. The molecule has 3 heterocycles. The van der Waals surface area contributed by atoms with Crippen LogP contribution in [0.25, 0.3) is 0 Å². The summed E-state index contributed by atoms with van der Waals surface area (Å²) in [6.45, 7) is 1.30.